The van der Waals surface area contributed by atoms with Gasteiger partial charge in [0.2, 0.25) is 0 Å². The highest BCUT2D eigenvalue weighted by Crippen LogP contribution is 2.27. The smallest absolute Gasteiger partial charge is 0.0875 e. The predicted molar refractivity (Wildman–Crippen MR) is 51.0 cm³/mol. The van der Waals surface area contributed by atoms with Gasteiger partial charge in [0.05, 0.1) is 11.7 Å². The quantitative estimate of drug-likeness (QED) is 0.686. The van der Waals surface area contributed by atoms with Crippen LogP contribution in [0.4, 0.5) is 0 Å². The van der Waals surface area contributed by atoms with E-state index in [1.54, 1.807) is 6.92 Å². The molecule has 0 spiro atoms. The van der Waals surface area contributed by atoms with E-state index in [2.05, 4.69) is 20.8 Å². The van der Waals surface area contributed by atoms with Crippen molar-refractivity contribution in [3.63, 3.8) is 0 Å². The maximum Gasteiger partial charge on any atom is 0.0875 e. The van der Waals surface area contributed by atoms with Crippen LogP contribution in [0, 0.1) is 5.41 Å². The van der Waals surface area contributed by atoms with Gasteiger partial charge in [0.25, 0.3) is 0 Å². The first-order chi connectivity index (χ1) is 5.19. The van der Waals surface area contributed by atoms with Gasteiger partial charge in [-0.15, -0.1) is 0 Å². The molecule has 0 rings (SSSR count). The van der Waals surface area contributed by atoms with Crippen LogP contribution < -0.4 is 0 Å². The minimum absolute atomic E-state index is 0.0680. The Hall–Kier alpha value is -0.0800. The third-order valence-electron chi connectivity index (χ3n) is 2.24. The molecule has 12 heavy (non-hydrogen) atoms. The molecule has 0 saturated carbocycles. The Labute approximate surface area is 75.6 Å². The van der Waals surface area contributed by atoms with Crippen molar-refractivity contribution in [1.29, 1.82) is 0 Å². The van der Waals surface area contributed by atoms with E-state index in [1.165, 1.54) is 0 Å². The Balaban J connectivity index is 4.13. The first-order valence-electron chi connectivity index (χ1n) is 4.59. The summed E-state index contributed by atoms with van der Waals surface area (Å²) in [5.74, 6) is 0. The molecule has 0 heterocycles. The predicted octanol–water partition coefficient (Wildman–Crippen LogP) is 1.94. The van der Waals surface area contributed by atoms with Crippen molar-refractivity contribution in [2.75, 3.05) is 0 Å². The molecule has 2 atom stereocenters. The molecule has 0 aromatic rings. The van der Waals surface area contributed by atoms with Crippen LogP contribution in [0.1, 0.15) is 47.5 Å². The normalized spacial score (nSPS) is 20.2. The SMILES string of the molecule is CCC(C)(O)C(O)CC(C)(C)C. The van der Waals surface area contributed by atoms with Crippen LogP contribution in [0.3, 0.4) is 0 Å². The zero-order chi connectivity index (χ0) is 9.99. The van der Waals surface area contributed by atoms with E-state index in [-0.39, 0.29) is 5.41 Å². The minimum atomic E-state index is -0.937. The maximum absolute atomic E-state index is 9.71. The molecule has 0 aromatic heterocycles. The van der Waals surface area contributed by atoms with Crippen molar-refractivity contribution in [3.8, 4) is 0 Å². The number of hydrogen-bond donors (Lipinski definition) is 2. The van der Waals surface area contributed by atoms with E-state index in [1.807, 2.05) is 6.92 Å². The topological polar surface area (TPSA) is 40.5 Å². The van der Waals surface area contributed by atoms with Crippen LogP contribution >= 0.6 is 0 Å². The first kappa shape index (κ1) is 11.9. The molecule has 2 nitrogen and oxygen atoms in total. The van der Waals surface area contributed by atoms with Crippen LogP contribution in [0.15, 0.2) is 0 Å². The largest absolute Gasteiger partial charge is 0.390 e. The lowest BCUT2D eigenvalue weighted by Crippen LogP contribution is -2.40. The van der Waals surface area contributed by atoms with Crippen molar-refractivity contribution in [2.45, 2.75) is 59.2 Å². The molecule has 0 aliphatic heterocycles. The maximum atomic E-state index is 9.71. The fraction of sp³-hybridized carbons (Fsp3) is 1.00. The summed E-state index contributed by atoms with van der Waals surface area (Å²) in [5, 5.41) is 19.4. The Morgan fingerprint density at radius 1 is 1.17 bits per heavy atom. The summed E-state index contributed by atoms with van der Waals surface area (Å²) in [6.45, 7) is 9.74. The molecular weight excluding hydrogens is 152 g/mol. The van der Waals surface area contributed by atoms with Crippen molar-refractivity contribution in [2.24, 2.45) is 5.41 Å². The van der Waals surface area contributed by atoms with Gasteiger partial charge in [0.15, 0.2) is 0 Å². The summed E-state index contributed by atoms with van der Waals surface area (Å²) in [6, 6.07) is 0. The van der Waals surface area contributed by atoms with Crippen molar-refractivity contribution in [1.82, 2.24) is 0 Å². The average Bonchev–Trinajstić information content (AvgIpc) is 1.84. The van der Waals surface area contributed by atoms with E-state index in [0.29, 0.717) is 12.8 Å². The molecule has 0 fully saturated rings. The molecule has 2 unspecified atom stereocenters. The molecule has 0 aromatic carbocycles. The third-order valence-corrected chi connectivity index (χ3v) is 2.24. The highest BCUT2D eigenvalue weighted by molar-refractivity contribution is 4.83. The van der Waals surface area contributed by atoms with E-state index in [9.17, 15) is 10.2 Å². The molecule has 0 radical (unpaired) electrons. The molecule has 2 N–H and O–H groups in total. The van der Waals surface area contributed by atoms with Gasteiger partial charge in [-0.3, -0.25) is 0 Å². The first-order valence-corrected chi connectivity index (χ1v) is 4.59. The molecule has 0 aliphatic carbocycles. The van der Waals surface area contributed by atoms with Crippen LogP contribution in [-0.4, -0.2) is 21.9 Å². The fourth-order valence-corrected chi connectivity index (χ4v) is 1.04. The molecule has 74 valence electrons. The lowest BCUT2D eigenvalue weighted by atomic mass is 9.82. The lowest BCUT2D eigenvalue weighted by molar-refractivity contribution is -0.0788. The van der Waals surface area contributed by atoms with E-state index >= 15 is 0 Å². The molecule has 0 amide bonds. The number of hydrogen-bond acceptors (Lipinski definition) is 2. The van der Waals surface area contributed by atoms with Crippen LogP contribution in [-0.2, 0) is 0 Å². The Morgan fingerprint density at radius 2 is 1.58 bits per heavy atom. The Kier molecular flexibility index (Phi) is 3.73. The number of aliphatic hydroxyl groups excluding tert-OH is 1. The highest BCUT2D eigenvalue weighted by atomic mass is 16.3. The lowest BCUT2D eigenvalue weighted by Gasteiger charge is -2.32. The van der Waals surface area contributed by atoms with E-state index < -0.39 is 11.7 Å². The highest BCUT2D eigenvalue weighted by Gasteiger charge is 2.31. The van der Waals surface area contributed by atoms with Crippen LogP contribution in [0.2, 0.25) is 0 Å². The standard InChI is InChI=1S/C10H22O2/c1-6-10(5,12)8(11)7-9(2,3)4/h8,11-12H,6-7H2,1-5H3. The van der Waals surface area contributed by atoms with Crippen molar-refractivity contribution in [3.05, 3.63) is 0 Å². The van der Waals surface area contributed by atoms with E-state index in [0.717, 1.165) is 0 Å². The summed E-state index contributed by atoms with van der Waals surface area (Å²) in [5.41, 5.74) is -0.869. The number of rotatable bonds is 3. The summed E-state index contributed by atoms with van der Waals surface area (Å²) in [7, 11) is 0. The summed E-state index contributed by atoms with van der Waals surface area (Å²) in [4.78, 5) is 0. The van der Waals surface area contributed by atoms with Gasteiger partial charge in [0.1, 0.15) is 0 Å². The Bertz CT molecular complexity index is 133. The van der Waals surface area contributed by atoms with Crippen LogP contribution in [0.5, 0.6) is 0 Å². The van der Waals surface area contributed by atoms with Gasteiger partial charge in [-0.25, -0.2) is 0 Å². The van der Waals surface area contributed by atoms with Gasteiger partial charge in [-0.05, 0) is 25.2 Å². The fourth-order valence-electron chi connectivity index (χ4n) is 1.04. The minimum Gasteiger partial charge on any atom is -0.390 e. The van der Waals surface area contributed by atoms with Crippen molar-refractivity contribution >= 4 is 0 Å². The van der Waals surface area contributed by atoms with Gasteiger partial charge < -0.3 is 10.2 Å². The molecule has 0 saturated heterocycles. The van der Waals surface area contributed by atoms with Crippen molar-refractivity contribution < 1.29 is 10.2 Å². The van der Waals surface area contributed by atoms with Gasteiger partial charge in [0, 0.05) is 0 Å². The van der Waals surface area contributed by atoms with Gasteiger partial charge in [-0.2, -0.15) is 0 Å². The van der Waals surface area contributed by atoms with Gasteiger partial charge >= 0.3 is 0 Å². The summed E-state index contributed by atoms with van der Waals surface area (Å²) >= 11 is 0. The zero-order valence-electron chi connectivity index (χ0n) is 8.89. The molecule has 2 heteroatoms. The van der Waals surface area contributed by atoms with Crippen LogP contribution in [0.25, 0.3) is 0 Å². The summed E-state index contributed by atoms with van der Waals surface area (Å²) in [6.07, 6.45) is 0.598. The Morgan fingerprint density at radius 3 is 1.83 bits per heavy atom. The molecule has 0 bridgehead atoms. The van der Waals surface area contributed by atoms with E-state index in [4.69, 9.17) is 0 Å². The average molecular weight is 174 g/mol. The molecule has 0 aliphatic rings. The second-order valence-electron chi connectivity index (χ2n) is 4.99. The monoisotopic (exact) mass is 174 g/mol. The molecular formula is C10H22O2. The second-order valence-corrected chi connectivity index (χ2v) is 4.99. The zero-order valence-corrected chi connectivity index (χ0v) is 8.89. The third kappa shape index (κ3) is 4.07. The summed E-state index contributed by atoms with van der Waals surface area (Å²) < 4.78 is 0. The van der Waals surface area contributed by atoms with Gasteiger partial charge in [-0.1, -0.05) is 27.7 Å². The number of aliphatic hydroxyl groups is 2. The second kappa shape index (κ2) is 3.75.